The van der Waals surface area contributed by atoms with Crippen LogP contribution in [0.2, 0.25) is 0 Å². The Kier molecular flexibility index (Phi) is 3.37. The Morgan fingerprint density at radius 3 is 1.88 bits per heavy atom. The molecule has 1 nitrogen and oxygen atoms in total. The van der Waals surface area contributed by atoms with E-state index in [1.165, 1.54) is 0 Å². The fourth-order valence-corrected chi connectivity index (χ4v) is 1.31. The summed E-state index contributed by atoms with van der Waals surface area (Å²) < 4.78 is 73.8. The third-order valence-electron chi connectivity index (χ3n) is 1.87. The van der Waals surface area contributed by atoms with E-state index in [1.54, 1.807) is 0 Å². The lowest BCUT2D eigenvalue weighted by Gasteiger charge is -2.16. The van der Waals surface area contributed by atoms with Crippen LogP contribution in [0.25, 0.3) is 0 Å². The van der Waals surface area contributed by atoms with Crippen LogP contribution < -0.4 is 0 Å². The van der Waals surface area contributed by atoms with Crippen LogP contribution in [0.3, 0.4) is 0 Å². The molecule has 0 atom stereocenters. The molecule has 94 valence electrons. The van der Waals surface area contributed by atoms with Crippen molar-refractivity contribution in [3.05, 3.63) is 34.9 Å². The van der Waals surface area contributed by atoms with Crippen LogP contribution in [-0.4, -0.2) is 5.12 Å². The lowest BCUT2D eigenvalue weighted by atomic mass is 10.0. The van der Waals surface area contributed by atoms with Crippen LogP contribution >= 0.6 is 0 Å². The third-order valence-corrected chi connectivity index (χ3v) is 2.09. The molecule has 0 unspecified atom stereocenters. The highest BCUT2D eigenvalue weighted by atomic mass is 32.1. The average molecular weight is 273 g/mol. The van der Waals surface area contributed by atoms with Crippen molar-refractivity contribution in [3.63, 3.8) is 0 Å². The summed E-state index contributed by atoms with van der Waals surface area (Å²) in [6.45, 7) is 0. The summed E-state index contributed by atoms with van der Waals surface area (Å²) in [6.07, 6.45) is -9.75. The SMILES string of the molecule is O=C([S-])c1cc(C(F)(F)F)ccc1C(F)(F)F. The first-order valence-electron chi connectivity index (χ1n) is 4.03. The maximum Gasteiger partial charge on any atom is 0.417 e. The molecule has 0 spiro atoms. The van der Waals surface area contributed by atoms with Gasteiger partial charge in [-0.3, -0.25) is 0 Å². The number of hydrogen-bond donors (Lipinski definition) is 0. The molecule has 0 saturated heterocycles. The number of hydrogen-bond acceptors (Lipinski definition) is 2. The number of alkyl halides is 6. The molecule has 0 aliphatic rings. The van der Waals surface area contributed by atoms with Crippen molar-refractivity contribution in [1.29, 1.82) is 0 Å². The van der Waals surface area contributed by atoms with Crippen molar-refractivity contribution in [2.45, 2.75) is 12.4 Å². The quantitative estimate of drug-likeness (QED) is 0.576. The lowest BCUT2D eigenvalue weighted by molar-refractivity contribution is -0.141. The van der Waals surface area contributed by atoms with Gasteiger partial charge in [0, 0.05) is 10.7 Å². The fourth-order valence-electron chi connectivity index (χ4n) is 1.14. The summed E-state index contributed by atoms with van der Waals surface area (Å²) in [4.78, 5) is 10.7. The predicted molar refractivity (Wildman–Crippen MR) is 48.1 cm³/mol. The summed E-state index contributed by atoms with van der Waals surface area (Å²) in [5.74, 6) is 0. The van der Waals surface area contributed by atoms with Crippen molar-refractivity contribution in [2.24, 2.45) is 0 Å². The molecule has 0 N–H and O–H groups in total. The van der Waals surface area contributed by atoms with E-state index in [4.69, 9.17) is 0 Å². The molecule has 0 radical (unpaired) electrons. The van der Waals surface area contributed by atoms with Gasteiger partial charge in [0.05, 0.1) is 11.1 Å². The molecule has 0 heterocycles. The van der Waals surface area contributed by atoms with Gasteiger partial charge < -0.3 is 17.4 Å². The van der Waals surface area contributed by atoms with Gasteiger partial charge in [0.25, 0.3) is 0 Å². The van der Waals surface area contributed by atoms with Crippen LogP contribution in [0.15, 0.2) is 18.2 Å². The Hall–Kier alpha value is -1.31. The van der Waals surface area contributed by atoms with Gasteiger partial charge in [0.2, 0.25) is 0 Å². The Labute approximate surface area is 96.8 Å². The van der Waals surface area contributed by atoms with Crippen molar-refractivity contribution in [1.82, 2.24) is 0 Å². The smallest absolute Gasteiger partial charge is 0.417 e. The molecule has 0 fully saturated rings. The van der Waals surface area contributed by atoms with Gasteiger partial charge in [0.15, 0.2) is 0 Å². The van der Waals surface area contributed by atoms with Crippen molar-refractivity contribution >= 4 is 17.7 Å². The second-order valence-corrected chi connectivity index (χ2v) is 3.41. The minimum absolute atomic E-state index is 0.109. The summed E-state index contributed by atoms with van der Waals surface area (Å²) in [7, 11) is 0. The number of halogens is 6. The molecule has 0 bridgehead atoms. The highest BCUT2D eigenvalue weighted by molar-refractivity contribution is 7.77. The summed E-state index contributed by atoms with van der Waals surface area (Å²) in [5.41, 5.74) is -3.98. The zero-order chi connectivity index (χ0) is 13.4. The fraction of sp³-hybridized carbons (Fsp3) is 0.222. The highest BCUT2D eigenvalue weighted by Crippen LogP contribution is 2.36. The second kappa shape index (κ2) is 4.17. The Morgan fingerprint density at radius 1 is 1.00 bits per heavy atom. The predicted octanol–water partition coefficient (Wildman–Crippen LogP) is 3.41. The van der Waals surface area contributed by atoms with Crippen LogP contribution in [0.5, 0.6) is 0 Å². The van der Waals surface area contributed by atoms with Crippen molar-refractivity contribution in [2.75, 3.05) is 0 Å². The van der Waals surface area contributed by atoms with Gasteiger partial charge >= 0.3 is 12.4 Å². The van der Waals surface area contributed by atoms with Gasteiger partial charge in [0.1, 0.15) is 0 Å². The highest BCUT2D eigenvalue weighted by Gasteiger charge is 2.37. The lowest BCUT2D eigenvalue weighted by Crippen LogP contribution is -2.14. The van der Waals surface area contributed by atoms with E-state index >= 15 is 0 Å². The van der Waals surface area contributed by atoms with Crippen LogP contribution in [0.1, 0.15) is 21.5 Å². The molecule has 1 aromatic rings. The molecule has 0 aliphatic heterocycles. The third kappa shape index (κ3) is 3.09. The zero-order valence-corrected chi connectivity index (χ0v) is 8.63. The van der Waals surface area contributed by atoms with Crippen molar-refractivity contribution in [3.8, 4) is 0 Å². The monoisotopic (exact) mass is 273 g/mol. The minimum Gasteiger partial charge on any atom is -0.737 e. The normalized spacial score (nSPS) is 12.6. The van der Waals surface area contributed by atoms with E-state index < -0.39 is 34.2 Å². The van der Waals surface area contributed by atoms with Gasteiger partial charge in [-0.15, -0.1) is 0 Å². The molecular weight excluding hydrogens is 270 g/mol. The number of carbonyl (C=O) groups excluding carboxylic acids is 1. The number of rotatable bonds is 1. The maximum atomic E-state index is 12.4. The van der Waals surface area contributed by atoms with E-state index in [0.717, 1.165) is 0 Å². The van der Waals surface area contributed by atoms with E-state index in [9.17, 15) is 31.1 Å². The second-order valence-electron chi connectivity index (χ2n) is 3.04. The molecule has 1 aromatic carbocycles. The Morgan fingerprint density at radius 2 is 1.53 bits per heavy atom. The molecule has 0 aromatic heterocycles. The van der Waals surface area contributed by atoms with Crippen LogP contribution in [-0.2, 0) is 25.0 Å². The Bertz CT molecular complexity index is 448. The molecular formula is C9H3F6OS-. The molecule has 8 heteroatoms. The summed E-state index contributed by atoms with van der Waals surface area (Å²) >= 11 is 3.98. The zero-order valence-electron chi connectivity index (χ0n) is 7.82. The molecule has 0 aliphatic carbocycles. The van der Waals surface area contributed by atoms with Crippen LogP contribution in [0.4, 0.5) is 26.3 Å². The number of carbonyl (C=O) groups is 1. The summed E-state index contributed by atoms with van der Waals surface area (Å²) in [6, 6.07) is 0.561. The Balaban J connectivity index is 3.43. The number of benzene rings is 1. The minimum atomic E-state index is -4.92. The average Bonchev–Trinajstić information content (AvgIpc) is 2.14. The first kappa shape index (κ1) is 13.8. The molecule has 1 rings (SSSR count). The van der Waals surface area contributed by atoms with E-state index in [1.807, 2.05) is 0 Å². The van der Waals surface area contributed by atoms with Gasteiger partial charge in [-0.2, -0.15) is 26.3 Å². The first-order chi connectivity index (χ1) is 7.53. The first-order valence-corrected chi connectivity index (χ1v) is 4.44. The van der Waals surface area contributed by atoms with Crippen molar-refractivity contribution < 1.29 is 31.1 Å². The maximum absolute atomic E-state index is 12.4. The molecule has 17 heavy (non-hydrogen) atoms. The summed E-state index contributed by atoms with van der Waals surface area (Å²) in [5, 5.41) is -1.48. The topological polar surface area (TPSA) is 17.1 Å². The van der Waals surface area contributed by atoms with Gasteiger partial charge in [-0.25, -0.2) is 0 Å². The van der Waals surface area contributed by atoms with E-state index in [-0.39, 0.29) is 18.2 Å². The van der Waals surface area contributed by atoms with E-state index in [0.29, 0.717) is 0 Å². The van der Waals surface area contributed by atoms with Gasteiger partial charge in [-0.05, 0) is 18.2 Å². The van der Waals surface area contributed by atoms with Gasteiger partial charge in [-0.1, -0.05) is 0 Å². The molecule has 0 saturated carbocycles. The standard InChI is InChI=1S/C9H4F6OS/c10-8(11,12)4-1-2-6(9(13,14)15)5(3-4)7(16)17/h1-3H,(H,16,17)/p-1. The largest absolute Gasteiger partial charge is 0.737 e. The van der Waals surface area contributed by atoms with E-state index in [2.05, 4.69) is 12.6 Å². The van der Waals surface area contributed by atoms with Crippen LogP contribution in [0, 0.1) is 0 Å². The molecule has 0 amide bonds.